The lowest BCUT2D eigenvalue weighted by Gasteiger charge is -2.11. The number of fused-ring (bicyclic) bond motifs is 1. The lowest BCUT2D eigenvalue weighted by molar-refractivity contribution is 0.0951. The van der Waals surface area contributed by atoms with E-state index in [-0.39, 0.29) is 23.0 Å². The van der Waals surface area contributed by atoms with E-state index in [4.69, 9.17) is 9.26 Å². The number of hydrogen-bond donors (Lipinski definition) is 2. The van der Waals surface area contributed by atoms with E-state index in [9.17, 15) is 9.18 Å². The lowest BCUT2D eigenvalue weighted by Crippen LogP contribution is -2.26. The van der Waals surface area contributed by atoms with Crippen molar-refractivity contribution < 1.29 is 18.4 Å². The van der Waals surface area contributed by atoms with Crippen molar-refractivity contribution in [3.05, 3.63) is 46.5 Å². The van der Waals surface area contributed by atoms with Crippen molar-refractivity contribution in [2.45, 2.75) is 25.8 Å². The SMILES string of the molecule is COc1cc(-c2onc(N(C)C)c2C(=O)NCc2n[nH]c3c2CCC3)ccc1F. The first-order chi connectivity index (χ1) is 14.0. The Bertz CT molecular complexity index is 1060. The first-order valence-electron chi connectivity index (χ1n) is 9.33. The van der Waals surface area contributed by atoms with Gasteiger partial charge in [-0.3, -0.25) is 9.89 Å². The molecule has 2 aromatic heterocycles. The second-order valence-electron chi connectivity index (χ2n) is 7.12. The van der Waals surface area contributed by atoms with Crippen LogP contribution in [0.2, 0.25) is 0 Å². The number of halogens is 1. The minimum absolute atomic E-state index is 0.0590. The Hall–Kier alpha value is -3.36. The summed E-state index contributed by atoms with van der Waals surface area (Å²) in [5.41, 5.74) is 3.95. The highest BCUT2D eigenvalue weighted by atomic mass is 19.1. The average Bonchev–Trinajstić information content (AvgIpc) is 3.42. The number of H-pyrrole nitrogens is 1. The molecule has 3 aromatic rings. The van der Waals surface area contributed by atoms with Crippen molar-refractivity contribution in [3.8, 4) is 17.1 Å². The third-order valence-electron chi connectivity index (χ3n) is 5.05. The van der Waals surface area contributed by atoms with Crippen molar-refractivity contribution in [2.75, 3.05) is 26.1 Å². The van der Waals surface area contributed by atoms with Crippen molar-refractivity contribution in [1.82, 2.24) is 20.7 Å². The van der Waals surface area contributed by atoms with Gasteiger partial charge in [-0.2, -0.15) is 5.10 Å². The van der Waals surface area contributed by atoms with Crippen LogP contribution in [0, 0.1) is 5.82 Å². The topological polar surface area (TPSA) is 96.3 Å². The smallest absolute Gasteiger partial charge is 0.259 e. The second kappa shape index (κ2) is 7.57. The molecule has 0 saturated heterocycles. The Morgan fingerprint density at radius 3 is 2.97 bits per heavy atom. The Labute approximate surface area is 167 Å². The largest absolute Gasteiger partial charge is 0.494 e. The molecule has 0 unspecified atom stereocenters. The highest BCUT2D eigenvalue weighted by Gasteiger charge is 2.27. The summed E-state index contributed by atoms with van der Waals surface area (Å²) >= 11 is 0. The molecule has 2 heterocycles. The Morgan fingerprint density at radius 2 is 2.21 bits per heavy atom. The normalized spacial score (nSPS) is 12.7. The van der Waals surface area contributed by atoms with E-state index in [0.29, 0.717) is 17.9 Å². The van der Waals surface area contributed by atoms with Crippen LogP contribution in [-0.2, 0) is 19.4 Å². The number of carbonyl (C=O) groups is 1. The number of carbonyl (C=O) groups excluding carboxylic acids is 1. The zero-order valence-corrected chi connectivity index (χ0v) is 16.5. The number of anilines is 1. The molecule has 4 rings (SSSR count). The van der Waals surface area contributed by atoms with Crippen LogP contribution in [0.15, 0.2) is 22.7 Å². The van der Waals surface area contributed by atoms with Gasteiger partial charge in [0.2, 0.25) is 0 Å². The summed E-state index contributed by atoms with van der Waals surface area (Å²) in [5.74, 6) is -0.154. The van der Waals surface area contributed by atoms with Crippen LogP contribution in [0.3, 0.4) is 0 Å². The van der Waals surface area contributed by atoms with Gasteiger partial charge in [0, 0.05) is 25.4 Å². The predicted molar refractivity (Wildman–Crippen MR) is 105 cm³/mol. The van der Waals surface area contributed by atoms with Gasteiger partial charge in [0.15, 0.2) is 23.1 Å². The molecular formula is C20H22FN5O3. The maximum atomic E-state index is 13.8. The Morgan fingerprint density at radius 1 is 1.38 bits per heavy atom. The molecule has 1 aromatic carbocycles. The van der Waals surface area contributed by atoms with Crippen LogP contribution in [0.1, 0.15) is 33.7 Å². The molecule has 0 spiro atoms. The van der Waals surface area contributed by atoms with E-state index in [1.807, 2.05) is 0 Å². The number of rotatable bonds is 6. The fraction of sp³-hybridized carbons (Fsp3) is 0.350. The summed E-state index contributed by atoms with van der Waals surface area (Å²) in [6, 6.07) is 4.27. The van der Waals surface area contributed by atoms with Crippen molar-refractivity contribution in [3.63, 3.8) is 0 Å². The highest BCUT2D eigenvalue weighted by molar-refractivity contribution is 6.04. The number of amides is 1. The fourth-order valence-electron chi connectivity index (χ4n) is 3.58. The Balaban J connectivity index is 1.64. The molecule has 8 nitrogen and oxygen atoms in total. The molecule has 2 N–H and O–H groups in total. The zero-order chi connectivity index (χ0) is 20.5. The first kappa shape index (κ1) is 19.0. The lowest BCUT2D eigenvalue weighted by atomic mass is 10.1. The average molecular weight is 399 g/mol. The minimum atomic E-state index is -0.498. The van der Waals surface area contributed by atoms with Crippen LogP contribution in [0.5, 0.6) is 5.75 Å². The van der Waals surface area contributed by atoms with Crippen LogP contribution in [0.4, 0.5) is 10.2 Å². The van der Waals surface area contributed by atoms with E-state index in [1.54, 1.807) is 19.0 Å². The second-order valence-corrected chi connectivity index (χ2v) is 7.12. The summed E-state index contributed by atoms with van der Waals surface area (Å²) in [6.07, 6.45) is 3.05. The molecule has 1 aliphatic carbocycles. The van der Waals surface area contributed by atoms with Crippen LogP contribution >= 0.6 is 0 Å². The van der Waals surface area contributed by atoms with Gasteiger partial charge < -0.3 is 19.5 Å². The third-order valence-corrected chi connectivity index (χ3v) is 5.05. The number of hydrogen-bond acceptors (Lipinski definition) is 6. The molecule has 1 aliphatic rings. The molecule has 0 fully saturated rings. The summed E-state index contributed by atoms with van der Waals surface area (Å²) in [7, 11) is 4.91. The van der Waals surface area contributed by atoms with Gasteiger partial charge >= 0.3 is 0 Å². The minimum Gasteiger partial charge on any atom is -0.494 e. The van der Waals surface area contributed by atoms with E-state index in [1.165, 1.54) is 30.9 Å². The standard InChI is InChI=1S/C20H22FN5O3/c1-26(2)19-17(18(29-25-19)11-7-8-13(21)16(9-11)28-3)20(27)22-10-15-12-5-4-6-14(12)23-24-15/h7-9H,4-6,10H2,1-3H3,(H,22,27)(H,23,24). The van der Waals surface area contributed by atoms with Gasteiger partial charge in [-0.1, -0.05) is 5.16 Å². The molecule has 9 heteroatoms. The quantitative estimate of drug-likeness (QED) is 0.662. The van der Waals surface area contributed by atoms with Gasteiger partial charge in [0.05, 0.1) is 19.3 Å². The molecule has 0 saturated carbocycles. The van der Waals surface area contributed by atoms with Crippen molar-refractivity contribution in [1.29, 1.82) is 0 Å². The maximum absolute atomic E-state index is 13.8. The molecule has 0 bridgehead atoms. The maximum Gasteiger partial charge on any atom is 0.259 e. The van der Waals surface area contributed by atoms with Gasteiger partial charge in [-0.25, -0.2) is 4.39 Å². The van der Waals surface area contributed by atoms with E-state index in [2.05, 4.69) is 20.7 Å². The molecule has 1 amide bonds. The predicted octanol–water partition coefficient (Wildman–Crippen LogP) is 2.70. The molecule has 29 heavy (non-hydrogen) atoms. The van der Waals surface area contributed by atoms with Gasteiger partial charge in [-0.15, -0.1) is 0 Å². The summed E-state index contributed by atoms with van der Waals surface area (Å²) in [4.78, 5) is 14.8. The van der Waals surface area contributed by atoms with Crippen LogP contribution < -0.4 is 15.0 Å². The number of benzene rings is 1. The van der Waals surface area contributed by atoms with Crippen LogP contribution in [-0.4, -0.2) is 42.5 Å². The van der Waals surface area contributed by atoms with Crippen molar-refractivity contribution in [2.24, 2.45) is 0 Å². The summed E-state index contributed by atoms with van der Waals surface area (Å²) < 4.78 is 24.3. The van der Waals surface area contributed by atoms with E-state index in [0.717, 1.165) is 30.7 Å². The number of nitrogens with one attached hydrogen (secondary N) is 2. The van der Waals surface area contributed by atoms with Crippen molar-refractivity contribution >= 4 is 11.7 Å². The van der Waals surface area contributed by atoms with Gasteiger partial charge in [0.1, 0.15) is 5.56 Å². The fourth-order valence-corrected chi connectivity index (χ4v) is 3.58. The van der Waals surface area contributed by atoms with E-state index < -0.39 is 5.82 Å². The number of ether oxygens (including phenoxy) is 1. The molecule has 0 aliphatic heterocycles. The number of nitrogens with zero attached hydrogens (tertiary/aromatic N) is 3. The molecule has 152 valence electrons. The Kier molecular flexibility index (Phi) is 4.96. The molecular weight excluding hydrogens is 377 g/mol. The van der Waals surface area contributed by atoms with Gasteiger partial charge in [-0.05, 0) is 43.0 Å². The summed E-state index contributed by atoms with van der Waals surface area (Å²) in [6.45, 7) is 0.300. The third kappa shape index (κ3) is 3.43. The summed E-state index contributed by atoms with van der Waals surface area (Å²) in [5, 5.41) is 14.3. The number of aromatic nitrogens is 3. The highest BCUT2D eigenvalue weighted by Crippen LogP contribution is 2.33. The first-order valence-corrected chi connectivity index (χ1v) is 9.33. The van der Waals surface area contributed by atoms with Crippen LogP contribution in [0.25, 0.3) is 11.3 Å². The number of aromatic amines is 1. The molecule has 0 atom stereocenters. The van der Waals surface area contributed by atoms with Gasteiger partial charge in [0.25, 0.3) is 5.91 Å². The zero-order valence-electron chi connectivity index (χ0n) is 16.5. The molecule has 0 radical (unpaired) electrons. The van der Waals surface area contributed by atoms with E-state index >= 15 is 0 Å². The number of methoxy groups -OCH3 is 1. The number of aryl methyl sites for hydroxylation is 1. The monoisotopic (exact) mass is 399 g/mol.